The number of carbonyl (C=O) groups is 2. The van der Waals surface area contributed by atoms with Gasteiger partial charge in [-0.2, -0.15) is 0 Å². The molecule has 6 nitrogen and oxygen atoms in total. The largest absolute Gasteiger partial charge is 0.483 e. The van der Waals surface area contributed by atoms with Gasteiger partial charge in [-0.15, -0.1) is 0 Å². The molecule has 3 N–H and O–H groups in total. The van der Waals surface area contributed by atoms with Crippen LogP contribution in [0.2, 0.25) is 0 Å². The first-order valence-electron chi connectivity index (χ1n) is 6.27. The van der Waals surface area contributed by atoms with Gasteiger partial charge in [0, 0.05) is 13.0 Å². The number of aliphatic hydroxyl groups is 1. The Kier molecular flexibility index (Phi) is 5.99. The average Bonchev–Trinajstić information content (AvgIpc) is 2.40. The van der Waals surface area contributed by atoms with E-state index in [9.17, 15) is 9.59 Å². The first-order valence-corrected chi connectivity index (χ1v) is 6.27. The second kappa shape index (κ2) is 7.49. The highest BCUT2D eigenvalue weighted by Gasteiger charge is 2.19. The number of aliphatic carboxylic acids is 1. The van der Waals surface area contributed by atoms with Gasteiger partial charge in [0.15, 0.2) is 6.61 Å². The molecule has 1 aromatic rings. The van der Waals surface area contributed by atoms with Gasteiger partial charge in [-0.25, -0.2) is 4.79 Å². The number of nitrogens with one attached hydrogen (secondary N) is 1. The van der Waals surface area contributed by atoms with Gasteiger partial charge in [-0.3, -0.25) is 4.79 Å². The number of rotatable bonds is 7. The smallest absolute Gasteiger partial charge is 0.326 e. The van der Waals surface area contributed by atoms with Gasteiger partial charge in [0.05, 0.1) is 0 Å². The van der Waals surface area contributed by atoms with Gasteiger partial charge in [-0.1, -0.05) is 12.1 Å². The standard InChI is InChI=1S/C14H19NO5/c1-9-4-3-5-12(10(9)2)20-8-13(17)15-11(6-7-16)14(18)19/h3-5,11,16H,6-8H2,1-2H3,(H,15,17)(H,18,19)/t11-/m0/s1. The second-order valence-corrected chi connectivity index (χ2v) is 4.46. The second-order valence-electron chi connectivity index (χ2n) is 4.46. The van der Waals surface area contributed by atoms with Crippen molar-refractivity contribution in [3.8, 4) is 5.75 Å². The van der Waals surface area contributed by atoms with Crippen LogP contribution in [0.25, 0.3) is 0 Å². The van der Waals surface area contributed by atoms with Crippen LogP contribution < -0.4 is 10.1 Å². The minimum absolute atomic E-state index is 0.0372. The lowest BCUT2D eigenvalue weighted by Crippen LogP contribution is -2.43. The fraction of sp³-hybridized carbons (Fsp3) is 0.429. The van der Waals surface area contributed by atoms with E-state index in [0.717, 1.165) is 11.1 Å². The maximum absolute atomic E-state index is 11.6. The molecule has 0 saturated carbocycles. The van der Waals surface area contributed by atoms with Crippen molar-refractivity contribution >= 4 is 11.9 Å². The minimum atomic E-state index is -1.18. The summed E-state index contributed by atoms with van der Waals surface area (Å²) in [5.41, 5.74) is 1.98. The van der Waals surface area contributed by atoms with Crippen molar-refractivity contribution in [3.05, 3.63) is 29.3 Å². The van der Waals surface area contributed by atoms with Crippen LogP contribution in [-0.2, 0) is 9.59 Å². The number of aryl methyl sites for hydroxylation is 1. The number of carbonyl (C=O) groups excluding carboxylic acids is 1. The van der Waals surface area contributed by atoms with Crippen molar-refractivity contribution in [2.24, 2.45) is 0 Å². The Morgan fingerprint density at radius 1 is 1.35 bits per heavy atom. The highest BCUT2D eigenvalue weighted by molar-refractivity contribution is 5.84. The van der Waals surface area contributed by atoms with E-state index in [1.165, 1.54) is 0 Å². The van der Waals surface area contributed by atoms with E-state index >= 15 is 0 Å². The Morgan fingerprint density at radius 2 is 2.05 bits per heavy atom. The number of carboxylic acids is 1. The van der Waals surface area contributed by atoms with Gasteiger partial charge in [0.25, 0.3) is 5.91 Å². The summed E-state index contributed by atoms with van der Waals surface area (Å²) < 4.78 is 5.37. The van der Waals surface area contributed by atoms with Crippen LogP contribution in [0, 0.1) is 13.8 Å². The highest BCUT2D eigenvalue weighted by atomic mass is 16.5. The molecule has 0 aliphatic heterocycles. The Labute approximate surface area is 117 Å². The van der Waals surface area contributed by atoms with Gasteiger partial charge < -0.3 is 20.3 Å². The molecule has 0 aromatic heterocycles. The Hall–Kier alpha value is -2.08. The number of amides is 1. The lowest BCUT2D eigenvalue weighted by molar-refractivity contribution is -0.142. The van der Waals surface area contributed by atoms with Gasteiger partial charge in [0.2, 0.25) is 0 Å². The molecule has 20 heavy (non-hydrogen) atoms. The van der Waals surface area contributed by atoms with E-state index in [1.54, 1.807) is 6.07 Å². The third-order valence-corrected chi connectivity index (χ3v) is 2.96. The van der Waals surface area contributed by atoms with Crippen LogP contribution in [0.4, 0.5) is 0 Å². The van der Waals surface area contributed by atoms with E-state index in [0.29, 0.717) is 5.75 Å². The molecular formula is C14H19NO5. The number of hydrogen-bond donors (Lipinski definition) is 3. The van der Waals surface area contributed by atoms with E-state index in [2.05, 4.69) is 5.32 Å². The molecular weight excluding hydrogens is 262 g/mol. The molecule has 0 unspecified atom stereocenters. The Balaban J connectivity index is 2.54. The SMILES string of the molecule is Cc1cccc(OCC(=O)N[C@@H](CCO)C(=O)O)c1C. The van der Waals surface area contributed by atoms with Crippen molar-refractivity contribution in [3.63, 3.8) is 0 Å². The summed E-state index contributed by atoms with van der Waals surface area (Å²) in [6, 6.07) is 4.40. The van der Waals surface area contributed by atoms with Crippen molar-refractivity contribution in [1.82, 2.24) is 5.32 Å². The fourth-order valence-electron chi connectivity index (χ4n) is 1.65. The van der Waals surface area contributed by atoms with Crippen molar-refractivity contribution in [1.29, 1.82) is 0 Å². The third kappa shape index (κ3) is 4.55. The van der Waals surface area contributed by atoms with Crippen molar-refractivity contribution in [2.75, 3.05) is 13.2 Å². The molecule has 0 aliphatic rings. The highest BCUT2D eigenvalue weighted by Crippen LogP contribution is 2.20. The summed E-state index contributed by atoms with van der Waals surface area (Å²) in [6.07, 6.45) is -0.0372. The van der Waals surface area contributed by atoms with E-state index in [-0.39, 0.29) is 19.6 Å². The molecule has 1 atom stereocenters. The lowest BCUT2D eigenvalue weighted by atomic mass is 10.1. The number of aliphatic hydroxyl groups excluding tert-OH is 1. The number of carboxylic acid groups (broad SMARTS) is 1. The van der Waals surface area contributed by atoms with Crippen LogP contribution in [0.5, 0.6) is 5.75 Å². The molecule has 1 rings (SSSR count). The summed E-state index contributed by atoms with van der Waals surface area (Å²) in [5.74, 6) is -1.12. The normalized spacial score (nSPS) is 11.8. The lowest BCUT2D eigenvalue weighted by Gasteiger charge is -2.14. The molecule has 0 fully saturated rings. The predicted molar refractivity (Wildman–Crippen MR) is 72.7 cm³/mol. The molecule has 0 heterocycles. The van der Waals surface area contributed by atoms with Crippen molar-refractivity contribution < 1.29 is 24.5 Å². The summed E-state index contributed by atoms with van der Waals surface area (Å²) in [5, 5.41) is 19.9. The van der Waals surface area contributed by atoms with Crippen LogP contribution >= 0.6 is 0 Å². The van der Waals surface area contributed by atoms with Crippen LogP contribution in [0.1, 0.15) is 17.5 Å². The maximum atomic E-state index is 11.6. The van der Waals surface area contributed by atoms with E-state index in [1.807, 2.05) is 26.0 Å². The molecule has 1 aromatic carbocycles. The van der Waals surface area contributed by atoms with Crippen molar-refractivity contribution in [2.45, 2.75) is 26.3 Å². The van der Waals surface area contributed by atoms with Crippen LogP contribution in [-0.4, -0.2) is 41.3 Å². The quantitative estimate of drug-likeness (QED) is 0.681. The zero-order valence-electron chi connectivity index (χ0n) is 11.5. The van der Waals surface area contributed by atoms with E-state index in [4.69, 9.17) is 14.9 Å². The fourth-order valence-corrected chi connectivity index (χ4v) is 1.65. The van der Waals surface area contributed by atoms with Gasteiger partial charge in [0.1, 0.15) is 11.8 Å². The van der Waals surface area contributed by atoms with Crippen LogP contribution in [0.15, 0.2) is 18.2 Å². The predicted octanol–water partition coefficient (Wildman–Crippen LogP) is 0.634. The Morgan fingerprint density at radius 3 is 2.65 bits per heavy atom. The average molecular weight is 281 g/mol. The monoisotopic (exact) mass is 281 g/mol. The van der Waals surface area contributed by atoms with Crippen LogP contribution in [0.3, 0.4) is 0 Å². The first-order chi connectivity index (χ1) is 9.45. The maximum Gasteiger partial charge on any atom is 0.326 e. The number of ether oxygens (including phenoxy) is 1. The first kappa shape index (κ1) is 16.0. The third-order valence-electron chi connectivity index (χ3n) is 2.96. The zero-order valence-corrected chi connectivity index (χ0v) is 11.5. The summed E-state index contributed by atoms with van der Waals surface area (Å²) in [7, 11) is 0. The zero-order chi connectivity index (χ0) is 15.1. The van der Waals surface area contributed by atoms with Gasteiger partial charge >= 0.3 is 5.97 Å². The Bertz CT molecular complexity index is 486. The summed E-state index contributed by atoms with van der Waals surface area (Å²) in [6.45, 7) is 3.24. The van der Waals surface area contributed by atoms with E-state index < -0.39 is 17.9 Å². The molecule has 0 aliphatic carbocycles. The molecule has 110 valence electrons. The number of hydrogen-bond acceptors (Lipinski definition) is 4. The summed E-state index contributed by atoms with van der Waals surface area (Å²) in [4.78, 5) is 22.5. The number of benzene rings is 1. The molecule has 1 amide bonds. The molecule has 0 spiro atoms. The minimum Gasteiger partial charge on any atom is -0.483 e. The summed E-state index contributed by atoms with van der Waals surface area (Å²) >= 11 is 0. The molecule has 0 radical (unpaired) electrons. The van der Waals surface area contributed by atoms with Gasteiger partial charge in [-0.05, 0) is 31.0 Å². The molecule has 6 heteroatoms. The topological polar surface area (TPSA) is 95.9 Å². The molecule has 0 saturated heterocycles. The molecule has 0 bridgehead atoms.